The van der Waals surface area contributed by atoms with Crippen LogP contribution in [0, 0.1) is 13.8 Å². The zero-order chi connectivity index (χ0) is 22.7. The molecule has 0 bridgehead atoms. The number of nitrogens with zero attached hydrogens (tertiary/aromatic N) is 4. The topological polar surface area (TPSA) is 105 Å². The fourth-order valence-corrected chi connectivity index (χ4v) is 3.25. The summed E-state index contributed by atoms with van der Waals surface area (Å²) in [7, 11) is 1.95. The molecule has 2 heterocycles. The van der Waals surface area contributed by atoms with Crippen molar-refractivity contribution in [3.63, 3.8) is 0 Å². The minimum atomic E-state index is -0.926. The lowest BCUT2D eigenvalue weighted by Gasteiger charge is -2.22. The van der Waals surface area contributed by atoms with E-state index in [0.29, 0.717) is 28.2 Å². The lowest BCUT2D eigenvalue weighted by atomic mass is 10.1. The van der Waals surface area contributed by atoms with Gasteiger partial charge >= 0.3 is 0 Å². The van der Waals surface area contributed by atoms with Crippen molar-refractivity contribution in [1.82, 2.24) is 15.1 Å². The Bertz CT molecular complexity index is 1030. The molecule has 0 unspecified atom stereocenters. The molecule has 2 aromatic heterocycles. The summed E-state index contributed by atoms with van der Waals surface area (Å²) >= 11 is 6.22. The Kier molecular flexibility index (Phi) is 7.15. The van der Waals surface area contributed by atoms with Gasteiger partial charge < -0.3 is 24.4 Å². The van der Waals surface area contributed by atoms with Crippen LogP contribution in [0.2, 0.25) is 5.15 Å². The molecule has 1 atom stereocenters. The SMILES string of the molecule is Cc1cc(-c2noc(-c3cc(Cl)nc(N(C)C(C)C)c3)n2)cc(C)c1OC[C@H](O)CO. The maximum Gasteiger partial charge on any atom is 0.258 e. The highest BCUT2D eigenvalue weighted by Gasteiger charge is 2.17. The number of anilines is 1. The molecule has 0 saturated heterocycles. The number of aliphatic hydroxyl groups excluding tert-OH is 2. The predicted octanol–water partition coefficient (Wildman–Crippen LogP) is 3.65. The fourth-order valence-electron chi connectivity index (χ4n) is 3.05. The second kappa shape index (κ2) is 9.64. The zero-order valence-corrected chi connectivity index (χ0v) is 19.0. The van der Waals surface area contributed by atoms with Gasteiger partial charge in [0.25, 0.3) is 5.89 Å². The number of hydrogen-bond acceptors (Lipinski definition) is 8. The molecular formula is C22H27ClN4O4. The van der Waals surface area contributed by atoms with Gasteiger partial charge in [-0.05, 0) is 63.1 Å². The summed E-state index contributed by atoms with van der Waals surface area (Å²) in [5.74, 6) is 2.16. The van der Waals surface area contributed by atoms with Crippen molar-refractivity contribution in [1.29, 1.82) is 0 Å². The molecule has 1 aromatic carbocycles. The molecule has 0 saturated carbocycles. The van der Waals surface area contributed by atoms with E-state index < -0.39 is 6.10 Å². The summed E-state index contributed by atoms with van der Waals surface area (Å²) in [5, 5.41) is 23.0. The van der Waals surface area contributed by atoms with Crippen LogP contribution in [0.4, 0.5) is 5.82 Å². The molecule has 0 fully saturated rings. The quantitative estimate of drug-likeness (QED) is 0.505. The molecule has 0 amide bonds. The smallest absolute Gasteiger partial charge is 0.258 e. The summed E-state index contributed by atoms with van der Waals surface area (Å²) < 4.78 is 11.2. The monoisotopic (exact) mass is 446 g/mol. The number of pyridine rings is 1. The molecule has 9 heteroatoms. The average molecular weight is 447 g/mol. The molecule has 2 N–H and O–H groups in total. The van der Waals surface area contributed by atoms with Crippen molar-refractivity contribution in [3.05, 3.63) is 40.5 Å². The first kappa shape index (κ1) is 23.0. The van der Waals surface area contributed by atoms with E-state index in [9.17, 15) is 5.11 Å². The minimum absolute atomic E-state index is 0.0137. The van der Waals surface area contributed by atoms with Gasteiger partial charge in [-0.25, -0.2) is 4.98 Å². The minimum Gasteiger partial charge on any atom is -0.490 e. The molecule has 0 aliphatic heterocycles. The van der Waals surface area contributed by atoms with Crippen molar-refractivity contribution in [2.75, 3.05) is 25.2 Å². The Morgan fingerprint density at radius 3 is 2.39 bits per heavy atom. The standard InChI is InChI=1S/C22H27ClN4O4/c1-12(2)27(5)19-9-16(8-18(23)24-19)22-25-21(26-31-22)15-6-13(3)20(14(4)7-15)30-11-17(29)10-28/h6-9,12,17,28-29H,10-11H2,1-5H3/t17-/m1/s1. The molecular weight excluding hydrogens is 420 g/mol. The lowest BCUT2D eigenvalue weighted by molar-refractivity contribution is 0.0532. The Morgan fingerprint density at radius 2 is 1.77 bits per heavy atom. The van der Waals surface area contributed by atoms with Gasteiger partial charge in [-0.3, -0.25) is 0 Å². The Balaban J connectivity index is 1.89. The van der Waals surface area contributed by atoms with Crippen LogP contribution < -0.4 is 9.64 Å². The van der Waals surface area contributed by atoms with E-state index >= 15 is 0 Å². The Hall–Kier alpha value is -2.68. The van der Waals surface area contributed by atoms with Crippen LogP contribution in [0.25, 0.3) is 22.8 Å². The summed E-state index contributed by atoms with van der Waals surface area (Å²) in [6, 6.07) is 7.58. The van der Waals surface area contributed by atoms with Gasteiger partial charge in [-0.15, -0.1) is 0 Å². The molecule has 166 valence electrons. The molecule has 8 nitrogen and oxygen atoms in total. The highest BCUT2D eigenvalue weighted by atomic mass is 35.5. The number of aromatic nitrogens is 3. The van der Waals surface area contributed by atoms with Crippen LogP contribution in [0.5, 0.6) is 5.75 Å². The number of hydrogen-bond donors (Lipinski definition) is 2. The van der Waals surface area contributed by atoms with Gasteiger partial charge in [-0.1, -0.05) is 16.8 Å². The van der Waals surface area contributed by atoms with Crippen molar-refractivity contribution in [2.24, 2.45) is 0 Å². The Morgan fingerprint density at radius 1 is 1.10 bits per heavy atom. The number of aliphatic hydroxyl groups is 2. The number of halogens is 1. The van der Waals surface area contributed by atoms with E-state index in [2.05, 4.69) is 29.0 Å². The van der Waals surface area contributed by atoms with Crippen molar-refractivity contribution < 1.29 is 19.5 Å². The first-order valence-corrected chi connectivity index (χ1v) is 10.3. The van der Waals surface area contributed by atoms with Crippen LogP contribution in [0.3, 0.4) is 0 Å². The van der Waals surface area contributed by atoms with E-state index in [1.807, 2.05) is 44.0 Å². The van der Waals surface area contributed by atoms with Crippen LogP contribution in [-0.2, 0) is 0 Å². The van der Waals surface area contributed by atoms with E-state index in [-0.39, 0.29) is 19.3 Å². The van der Waals surface area contributed by atoms with Crippen molar-refractivity contribution >= 4 is 17.4 Å². The van der Waals surface area contributed by atoms with Gasteiger partial charge in [0.15, 0.2) is 0 Å². The molecule has 3 aromatic rings. The fraction of sp³-hybridized carbons (Fsp3) is 0.409. The van der Waals surface area contributed by atoms with Gasteiger partial charge in [0.05, 0.1) is 6.61 Å². The van der Waals surface area contributed by atoms with E-state index in [4.69, 9.17) is 26.0 Å². The highest BCUT2D eigenvalue weighted by molar-refractivity contribution is 6.29. The molecule has 0 aliphatic carbocycles. The van der Waals surface area contributed by atoms with Gasteiger partial charge in [0, 0.05) is 24.2 Å². The van der Waals surface area contributed by atoms with Crippen molar-refractivity contribution in [2.45, 2.75) is 39.8 Å². The second-order valence-corrected chi connectivity index (χ2v) is 8.14. The van der Waals surface area contributed by atoms with Crippen molar-refractivity contribution in [3.8, 4) is 28.6 Å². The lowest BCUT2D eigenvalue weighted by Crippen LogP contribution is -2.26. The van der Waals surface area contributed by atoms with Gasteiger partial charge in [0.2, 0.25) is 5.82 Å². The van der Waals surface area contributed by atoms with E-state index in [1.165, 1.54) is 0 Å². The van der Waals surface area contributed by atoms with Crippen LogP contribution in [0.1, 0.15) is 25.0 Å². The number of aryl methyl sites for hydroxylation is 2. The predicted molar refractivity (Wildman–Crippen MR) is 120 cm³/mol. The number of ether oxygens (including phenoxy) is 1. The first-order valence-electron chi connectivity index (χ1n) is 9.97. The molecule has 31 heavy (non-hydrogen) atoms. The van der Waals surface area contributed by atoms with Crippen LogP contribution >= 0.6 is 11.6 Å². The average Bonchev–Trinajstić information content (AvgIpc) is 3.22. The summed E-state index contributed by atoms with van der Waals surface area (Å²) in [5.41, 5.74) is 3.19. The highest BCUT2D eigenvalue weighted by Crippen LogP contribution is 2.31. The van der Waals surface area contributed by atoms with Crippen LogP contribution in [-0.4, -0.2) is 57.7 Å². The zero-order valence-electron chi connectivity index (χ0n) is 18.3. The second-order valence-electron chi connectivity index (χ2n) is 7.75. The normalized spacial score (nSPS) is 12.3. The maximum atomic E-state index is 9.52. The summed E-state index contributed by atoms with van der Waals surface area (Å²) in [6.45, 7) is 7.59. The molecule has 0 spiro atoms. The van der Waals surface area contributed by atoms with E-state index in [1.54, 1.807) is 6.07 Å². The molecule has 3 rings (SSSR count). The Labute approximate surface area is 186 Å². The molecule has 0 aliphatic rings. The third-order valence-corrected chi connectivity index (χ3v) is 5.13. The third-order valence-electron chi connectivity index (χ3n) is 4.94. The van der Waals surface area contributed by atoms with Crippen LogP contribution in [0.15, 0.2) is 28.8 Å². The third kappa shape index (κ3) is 5.33. The van der Waals surface area contributed by atoms with Gasteiger partial charge in [0.1, 0.15) is 29.4 Å². The first-order chi connectivity index (χ1) is 14.7. The number of rotatable bonds is 8. The number of benzene rings is 1. The summed E-state index contributed by atoms with van der Waals surface area (Å²) in [4.78, 5) is 10.9. The molecule has 0 radical (unpaired) electrons. The van der Waals surface area contributed by atoms with E-state index in [0.717, 1.165) is 22.5 Å². The summed E-state index contributed by atoms with van der Waals surface area (Å²) in [6.07, 6.45) is -0.926. The maximum absolute atomic E-state index is 9.52. The van der Waals surface area contributed by atoms with Gasteiger partial charge in [-0.2, -0.15) is 4.98 Å². The largest absolute Gasteiger partial charge is 0.490 e.